The minimum Gasteiger partial charge on any atom is -0.355 e. The Hall–Kier alpha value is -1.49. The summed E-state index contributed by atoms with van der Waals surface area (Å²) in [7, 11) is 3.73. The van der Waals surface area contributed by atoms with E-state index in [2.05, 4.69) is 16.9 Å². The van der Waals surface area contributed by atoms with Crippen LogP contribution in [0.15, 0.2) is 41.9 Å². The second-order valence-electron chi connectivity index (χ2n) is 4.32. The van der Waals surface area contributed by atoms with E-state index in [1.54, 1.807) is 19.2 Å². The van der Waals surface area contributed by atoms with Crippen LogP contribution in [0.4, 0.5) is 4.39 Å². The van der Waals surface area contributed by atoms with Gasteiger partial charge in [-0.1, -0.05) is 18.2 Å². The fourth-order valence-electron chi connectivity index (χ4n) is 1.72. The molecule has 0 aliphatic carbocycles. The van der Waals surface area contributed by atoms with Crippen molar-refractivity contribution in [2.24, 2.45) is 4.99 Å². The third-order valence-corrected chi connectivity index (χ3v) is 3.64. The molecule has 0 aliphatic rings. The van der Waals surface area contributed by atoms with Crippen molar-refractivity contribution in [3.63, 3.8) is 0 Å². The van der Waals surface area contributed by atoms with Gasteiger partial charge in [-0.05, 0) is 17.7 Å². The molecule has 0 fully saturated rings. The summed E-state index contributed by atoms with van der Waals surface area (Å²) in [6.07, 6.45) is 1.90. The highest BCUT2D eigenvalue weighted by Gasteiger charge is 2.06. The molecule has 0 amide bonds. The maximum atomic E-state index is 12.9. The molecule has 0 saturated carbocycles. The van der Waals surface area contributed by atoms with E-state index in [0.29, 0.717) is 6.54 Å². The van der Waals surface area contributed by atoms with Crippen LogP contribution < -0.4 is 5.32 Å². The molecule has 0 heterocycles. The lowest BCUT2D eigenvalue weighted by atomic mass is 10.2. The van der Waals surface area contributed by atoms with Gasteiger partial charge in [0.2, 0.25) is 0 Å². The van der Waals surface area contributed by atoms with Gasteiger partial charge in [0, 0.05) is 38.7 Å². The summed E-state index contributed by atoms with van der Waals surface area (Å²) in [4.78, 5) is 6.27. The maximum absolute atomic E-state index is 12.9. The van der Waals surface area contributed by atoms with E-state index in [4.69, 9.17) is 0 Å². The van der Waals surface area contributed by atoms with Crippen molar-refractivity contribution in [3.8, 4) is 0 Å². The summed E-state index contributed by atoms with van der Waals surface area (Å²) in [5.74, 6) is 2.60. The Kier molecular flexibility index (Phi) is 7.80. The third kappa shape index (κ3) is 6.10. The first-order valence-electron chi connectivity index (χ1n) is 6.52. The molecular formula is C15H22FN3S. The highest BCUT2D eigenvalue weighted by Crippen LogP contribution is 2.05. The average Bonchev–Trinajstić information content (AvgIpc) is 2.45. The van der Waals surface area contributed by atoms with Crippen LogP contribution in [0.1, 0.15) is 5.56 Å². The van der Waals surface area contributed by atoms with Crippen LogP contribution in [-0.4, -0.2) is 43.0 Å². The number of benzene rings is 1. The van der Waals surface area contributed by atoms with Crippen molar-refractivity contribution in [1.29, 1.82) is 0 Å². The maximum Gasteiger partial charge on any atom is 0.193 e. The van der Waals surface area contributed by atoms with E-state index < -0.39 is 0 Å². The Morgan fingerprint density at radius 3 is 2.75 bits per heavy atom. The zero-order chi connectivity index (χ0) is 14.8. The van der Waals surface area contributed by atoms with Crippen LogP contribution in [0.2, 0.25) is 0 Å². The summed E-state index contributed by atoms with van der Waals surface area (Å²) in [5, 5.41) is 3.31. The van der Waals surface area contributed by atoms with Crippen LogP contribution >= 0.6 is 11.8 Å². The van der Waals surface area contributed by atoms with Crippen molar-refractivity contribution in [2.75, 3.05) is 32.1 Å². The summed E-state index contributed by atoms with van der Waals surface area (Å²) in [6.45, 7) is 5.25. The number of nitrogens with zero attached hydrogens (tertiary/aromatic N) is 2. The zero-order valence-electron chi connectivity index (χ0n) is 12.1. The number of hydrogen-bond donors (Lipinski definition) is 1. The van der Waals surface area contributed by atoms with Crippen LogP contribution in [-0.2, 0) is 6.54 Å². The molecule has 0 bridgehead atoms. The van der Waals surface area contributed by atoms with E-state index in [1.165, 1.54) is 12.1 Å². The Morgan fingerprint density at radius 2 is 2.15 bits per heavy atom. The standard InChI is InChI=1S/C15H22FN3S/c1-4-10-20-11-9-18-15(17-2)19(3)12-13-5-7-14(16)8-6-13/h4-8H,1,9-12H2,2-3H3,(H,17,18). The lowest BCUT2D eigenvalue weighted by Crippen LogP contribution is -2.39. The summed E-state index contributed by atoms with van der Waals surface area (Å²) < 4.78 is 12.9. The van der Waals surface area contributed by atoms with E-state index in [0.717, 1.165) is 29.6 Å². The fourth-order valence-corrected chi connectivity index (χ4v) is 2.30. The van der Waals surface area contributed by atoms with E-state index in [9.17, 15) is 4.39 Å². The van der Waals surface area contributed by atoms with E-state index >= 15 is 0 Å². The SMILES string of the molecule is C=CCSCCNC(=NC)N(C)Cc1ccc(F)cc1. The predicted octanol–water partition coefficient (Wildman–Crippen LogP) is 2.75. The normalized spacial score (nSPS) is 11.2. The number of guanidine groups is 1. The molecule has 0 aromatic heterocycles. The van der Waals surface area contributed by atoms with Crippen LogP contribution in [0.5, 0.6) is 0 Å². The number of halogens is 1. The average molecular weight is 295 g/mol. The molecule has 20 heavy (non-hydrogen) atoms. The largest absolute Gasteiger partial charge is 0.355 e. The van der Waals surface area contributed by atoms with Crippen LogP contribution in [0, 0.1) is 5.82 Å². The quantitative estimate of drug-likeness (QED) is 0.363. The zero-order valence-corrected chi connectivity index (χ0v) is 12.9. The summed E-state index contributed by atoms with van der Waals surface area (Å²) >= 11 is 1.83. The van der Waals surface area contributed by atoms with Gasteiger partial charge in [0.15, 0.2) is 5.96 Å². The Morgan fingerprint density at radius 1 is 1.45 bits per heavy atom. The molecule has 1 aromatic rings. The Labute approximate surface area is 125 Å². The molecule has 0 unspecified atom stereocenters. The van der Waals surface area contributed by atoms with Crippen molar-refractivity contribution < 1.29 is 4.39 Å². The molecule has 0 spiro atoms. The molecule has 1 aromatic carbocycles. The second-order valence-corrected chi connectivity index (χ2v) is 5.47. The minimum atomic E-state index is -0.210. The van der Waals surface area contributed by atoms with Gasteiger partial charge in [-0.3, -0.25) is 4.99 Å². The molecule has 1 N–H and O–H groups in total. The predicted molar refractivity (Wildman–Crippen MR) is 86.8 cm³/mol. The Bertz CT molecular complexity index is 431. The van der Waals surface area contributed by atoms with Crippen LogP contribution in [0.3, 0.4) is 0 Å². The van der Waals surface area contributed by atoms with Crippen LogP contribution in [0.25, 0.3) is 0 Å². The van der Waals surface area contributed by atoms with Gasteiger partial charge in [-0.15, -0.1) is 6.58 Å². The summed E-state index contributed by atoms with van der Waals surface area (Å²) in [6, 6.07) is 6.54. The van der Waals surface area contributed by atoms with Gasteiger partial charge in [0.1, 0.15) is 5.82 Å². The molecule has 0 saturated heterocycles. The first kappa shape index (κ1) is 16.6. The van der Waals surface area contributed by atoms with Gasteiger partial charge in [0.25, 0.3) is 0 Å². The molecule has 110 valence electrons. The molecular weight excluding hydrogens is 273 g/mol. The summed E-state index contributed by atoms with van der Waals surface area (Å²) in [5.41, 5.74) is 1.05. The number of hydrogen-bond acceptors (Lipinski definition) is 2. The first-order chi connectivity index (χ1) is 9.67. The third-order valence-electron chi connectivity index (χ3n) is 2.67. The number of aliphatic imine (C=N–C) groups is 1. The molecule has 3 nitrogen and oxygen atoms in total. The minimum absolute atomic E-state index is 0.210. The van der Waals surface area contributed by atoms with Gasteiger partial charge < -0.3 is 10.2 Å². The molecule has 0 radical (unpaired) electrons. The highest BCUT2D eigenvalue weighted by molar-refractivity contribution is 7.99. The lowest BCUT2D eigenvalue weighted by Gasteiger charge is -2.22. The number of rotatable bonds is 7. The smallest absolute Gasteiger partial charge is 0.193 e. The lowest BCUT2D eigenvalue weighted by molar-refractivity contribution is 0.478. The number of thioether (sulfide) groups is 1. The highest BCUT2D eigenvalue weighted by atomic mass is 32.2. The Balaban J connectivity index is 2.40. The fraction of sp³-hybridized carbons (Fsp3) is 0.400. The topological polar surface area (TPSA) is 27.6 Å². The van der Waals surface area contributed by atoms with E-state index in [1.807, 2.05) is 29.8 Å². The monoisotopic (exact) mass is 295 g/mol. The molecule has 5 heteroatoms. The van der Waals surface area contributed by atoms with Crippen molar-refractivity contribution in [1.82, 2.24) is 10.2 Å². The number of nitrogens with one attached hydrogen (secondary N) is 1. The van der Waals surface area contributed by atoms with Gasteiger partial charge >= 0.3 is 0 Å². The van der Waals surface area contributed by atoms with Crippen molar-refractivity contribution in [3.05, 3.63) is 48.3 Å². The van der Waals surface area contributed by atoms with Crippen molar-refractivity contribution >= 4 is 17.7 Å². The van der Waals surface area contributed by atoms with Gasteiger partial charge in [-0.25, -0.2) is 4.39 Å². The van der Waals surface area contributed by atoms with Gasteiger partial charge in [0.05, 0.1) is 0 Å². The molecule has 1 rings (SSSR count). The van der Waals surface area contributed by atoms with Gasteiger partial charge in [-0.2, -0.15) is 11.8 Å². The molecule has 0 atom stereocenters. The van der Waals surface area contributed by atoms with Crippen molar-refractivity contribution in [2.45, 2.75) is 6.54 Å². The molecule has 0 aliphatic heterocycles. The first-order valence-corrected chi connectivity index (χ1v) is 7.67. The van der Waals surface area contributed by atoms with E-state index in [-0.39, 0.29) is 5.82 Å². The second kappa shape index (κ2) is 9.42.